The standard InChI is InChI=1S/C25H22ClN3O3S2/c1-14(2)15-3-10-22-20(11-15)28-24(32-22)19-12-17(6-9-21(19)30)27-25(33)29-23(31)13-34-18-7-4-16(26)5-8-18/h3-12,14,30H,13H2,1-2H3,(H2,27,29,31,33). The molecule has 0 aliphatic heterocycles. The zero-order chi connectivity index (χ0) is 24.2. The Balaban J connectivity index is 1.42. The molecule has 34 heavy (non-hydrogen) atoms. The molecule has 0 aliphatic carbocycles. The van der Waals surface area contributed by atoms with Crippen LogP contribution in [0.3, 0.4) is 0 Å². The van der Waals surface area contributed by atoms with Crippen LogP contribution < -0.4 is 10.6 Å². The summed E-state index contributed by atoms with van der Waals surface area (Å²) in [6.45, 7) is 4.22. The Labute approximate surface area is 211 Å². The second-order valence-corrected chi connectivity index (χ2v) is 9.77. The highest BCUT2D eigenvalue weighted by Crippen LogP contribution is 2.34. The van der Waals surface area contributed by atoms with Gasteiger partial charge in [-0.15, -0.1) is 11.8 Å². The highest BCUT2D eigenvalue weighted by atomic mass is 35.5. The van der Waals surface area contributed by atoms with E-state index in [2.05, 4.69) is 29.5 Å². The van der Waals surface area contributed by atoms with Crippen LogP contribution in [0.2, 0.25) is 5.02 Å². The second-order valence-electron chi connectivity index (χ2n) is 7.88. The molecule has 6 nitrogen and oxygen atoms in total. The molecule has 174 valence electrons. The lowest BCUT2D eigenvalue weighted by Gasteiger charge is -2.11. The maximum absolute atomic E-state index is 12.3. The van der Waals surface area contributed by atoms with Crippen LogP contribution in [0.4, 0.5) is 5.69 Å². The molecule has 1 amide bonds. The van der Waals surface area contributed by atoms with Gasteiger partial charge in [-0.25, -0.2) is 4.98 Å². The number of phenolic OH excluding ortho intramolecular Hbond substituents is 1. The molecule has 0 spiro atoms. The summed E-state index contributed by atoms with van der Waals surface area (Å²) in [6, 6.07) is 18.0. The SMILES string of the molecule is CC(C)c1ccc2oc(-c3cc(NC(=S)NC(=O)CSc4ccc(Cl)cc4)ccc3O)nc2c1. The number of rotatable bonds is 6. The van der Waals surface area contributed by atoms with Gasteiger partial charge in [0.1, 0.15) is 11.3 Å². The molecule has 9 heteroatoms. The number of aromatic nitrogens is 1. The van der Waals surface area contributed by atoms with E-state index in [1.807, 2.05) is 30.3 Å². The van der Waals surface area contributed by atoms with Crippen LogP contribution in [-0.4, -0.2) is 26.9 Å². The number of carbonyl (C=O) groups is 1. The zero-order valence-corrected chi connectivity index (χ0v) is 20.9. The van der Waals surface area contributed by atoms with Crippen molar-refractivity contribution in [1.29, 1.82) is 0 Å². The van der Waals surface area contributed by atoms with E-state index in [1.54, 1.807) is 24.3 Å². The molecular weight excluding hydrogens is 490 g/mol. The summed E-state index contributed by atoms with van der Waals surface area (Å²) < 4.78 is 5.86. The van der Waals surface area contributed by atoms with E-state index >= 15 is 0 Å². The van der Waals surface area contributed by atoms with Crippen molar-refractivity contribution in [3.05, 3.63) is 71.2 Å². The van der Waals surface area contributed by atoms with Gasteiger partial charge in [0, 0.05) is 15.6 Å². The van der Waals surface area contributed by atoms with Crippen molar-refractivity contribution in [3.63, 3.8) is 0 Å². The van der Waals surface area contributed by atoms with E-state index in [0.29, 0.717) is 33.7 Å². The minimum Gasteiger partial charge on any atom is -0.507 e. The number of halogens is 1. The molecule has 0 saturated carbocycles. The number of aromatic hydroxyl groups is 1. The topological polar surface area (TPSA) is 87.4 Å². The lowest BCUT2D eigenvalue weighted by molar-refractivity contribution is -0.117. The Morgan fingerprint density at radius 2 is 1.91 bits per heavy atom. The summed E-state index contributed by atoms with van der Waals surface area (Å²) >= 11 is 12.5. The molecule has 4 aromatic rings. The average Bonchev–Trinajstić information content (AvgIpc) is 3.23. The van der Waals surface area contributed by atoms with Gasteiger partial charge in [0.05, 0.1) is 11.3 Å². The van der Waals surface area contributed by atoms with Crippen LogP contribution in [0.25, 0.3) is 22.6 Å². The fourth-order valence-electron chi connectivity index (χ4n) is 3.21. The number of benzene rings is 3. The van der Waals surface area contributed by atoms with Crippen molar-refractivity contribution in [3.8, 4) is 17.2 Å². The molecule has 0 unspecified atom stereocenters. The van der Waals surface area contributed by atoms with Crippen LogP contribution in [0.15, 0.2) is 70.0 Å². The number of anilines is 1. The smallest absolute Gasteiger partial charge is 0.236 e. The molecule has 0 aliphatic rings. The molecule has 4 rings (SSSR count). The molecule has 0 atom stereocenters. The number of hydrogen-bond acceptors (Lipinski definition) is 6. The maximum Gasteiger partial charge on any atom is 0.236 e. The van der Waals surface area contributed by atoms with Crippen LogP contribution in [0, 0.1) is 0 Å². The molecule has 1 aromatic heterocycles. The molecular formula is C25H22ClN3O3S2. The highest BCUT2D eigenvalue weighted by Gasteiger charge is 2.15. The first-order valence-electron chi connectivity index (χ1n) is 10.5. The number of phenols is 1. The fraction of sp³-hybridized carbons (Fsp3) is 0.160. The zero-order valence-electron chi connectivity index (χ0n) is 18.5. The van der Waals surface area contributed by atoms with Gasteiger partial charge in [-0.1, -0.05) is 31.5 Å². The third kappa shape index (κ3) is 5.88. The predicted molar refractivity (Wildman–Crippen MR) is 142 cm³/mol. The number of carbonyl (C=O) groups excluding carboxylic acids is 1. The van der Waals surface area contributed by atoms with Gasteiger partial charge in [-0.3, -0.25) is 4.79 Å². The quantitative estimate of drug-likeness (QED) is 0.153. The molecule has 3 aromatic carbocycles. The molecule has 3 N–H and O–H groups in total. The fourth-order valence-corrected chi connectivity index (χ4v) is 4.26. The van der Waals surface area contributed by atoms with E-state index in [-0.39, 0.29) is 22.5 Å². The summed E-state index contributed by atoms with van der Waals surface area (Å²) in [6.07, 6.45) is 0. The summed E-state index contributed by atoms with van der Waals surface area (Å²) in [4.78, 5) is 17.7. The van der Waals surface area contributed by atoms with E-state index in [0.717, 1.165) is 16.0 Å². The summed E-state index contributed by atoms with van der Waals surface area (Å²) in [5.41, 5.74) is 3.51. The van der Waals surface area contributed by atoms with Crippen molar-refractivity contribution in [2.75, 3.05) is 11.1 Å². The number of thiocarbonyl (C=S) groups is 1. The predicted octanol–water partition coefficient (Wildman–Crippen LogP) is 6.58. The van der Waals surface area contributed by atoms with Gasteiger partial charge in [0.25, 0.3) is 0 Å². The molecule has 0 radical (unpaired) electrons. The number of oxazole rings is 1. The van der Waals surface area contributed by atoms with E-state index in [4.69, 9.17) is 28.2 Å². The summed E-state index contributed by atoms with van der Waals surface area (Å²) in [5.74, 6) is 0.649. The van der Waals surface area contributed by atoms with Gasteiger partial charge < -0.3 is 20.2 Å². The first kappa shape index (κ1) is 24.1. The normalized spacial score (nSPS) is 11.1. The second kappa shape index (κ2) is 10.5. The van der Waals surface area contributed by atoms with E-state index < -0.39 is 0 Å². The first-order chi connectivity index (χ1) is 16.3. The molecule has 1 heterocycles. The van der Waals surface area contributed by atoms with Gasteiger partial charge in [0.2, 0.25) is 11.8 Å². The Morgan fingerprint density at radius 3 is 2.65 bits per heavy atom. The van der Waals surface area contributed by atoms with Gasteiger partial charge >= 0.3 is 0 Å². The molecule has 0 bridgehead atoms. The third-order valence-corrected chi connectivity index (χ3v) is 6.47. The summed E-state index contributed by atoms with van der Waals surface area (Å²) in [7, 11) is 0. The van der Waals surface area contributed by atoms with E-state index in [9.17, 15) is 9.90 Å². The lowest BCUT2D eigenvalue weighted by atomic mass is 10.0. The Kier molecular flexibility index (Phi) is 7.41. The number of amides is 1. The van der Waals surface area contributed by atoms with Crippen LogP contribution in [0.1, 0.15) is 25.3 Å². The minimum absolute atomic E-state index is 0.0236. The highest BCUT2D eigenvalue weighted by molar-refractivity contribution is 8.00. The van der Waals surface area contributed by atoms with Crippen LogP contribution >= 0.6 is 35.6 Å². The molecule has 0 fully saturated rings. The number of hydrogen-bond donors (Lipinski definition) is 3. The van der Waals surface area contributed by atoms with Crippen molar-refractivity contribution >= 4 is 63.4 Å². The lowest BCUT2D eigenvalue weighted by Crippen LogP contribution is -2.35. The minimum atomic E-state index is -0.239. The van der Waals surface area contributed by atoms with Crippen molar-refractivity contribution < 1.29 is 14.3 Å². The number of thioether (sulfide) groups is 1. The Morgan fingerprint density at radius 1 is 1.15 bits per heavy atom. The average molecular weight is 512 g/mol. The van der Waals surface area contributed by atoms with Crippen LogP contribution in [-0.2, 0) is 4.79 Å². The largest absolute Gasteiger partial charge is 0.507 e. The monoisotopic (exact) mass is 511 g/mol. The van der Waals surface area contributed by atoms with Gasteiger partial charge in [-0.05, 0) is 78.3 Å². The van der Waals surface area contributed by atoms with Crippen LogP contribution in [0.5, 0.6) is 5.75 Å². The van der Waals surface area contributed by atoms with E-state index in [1.165, 1.54) is 17.8 Å². The number of nitrogens with zero attached hydrogens (tertiary/aromatic N) is 1. The number of fused-ring (bicyclic) bond motifs is 1. The Bertz CT molecular complexity index is 1350. The summed E-state index contributed by atoms with van der Waals surface area (Å²) in [5, 5.41) is 16.8. The van der Waals surface area contributed by atoms with Crippen molar-refractivity contribution in [1.82, 2.24) is 10.3 Å². The van der Waals surface area contributed by atoms with Crippen molar-refractivity contribution in [2.45, 2.75) is 24.7 Å². The maximum atomic E-state index is 12.3. The first-order valence-corrected chi connectivity index (χ1v) is 12.3. The third-order valence-electron chi connectivity index (χ3n) is 5.00. The van der Waals surface area contributed by atoms with Crippen molar-refractivity contribution in [2.24, 2.45) is 0 Å². The molecule has 0 saturated heterocycles. The van der Waals surface area contributed by atoms with Gasteiger partial charge in [-0.2, -0.15) is 0 Å². The number of nitrogens with one attached hydrogen (secondary N) is 2. The Hall–Kier alpha value is -3.07. The van der Waals surface area contributed by atoms with Gasteiger partial charge in [0.15, 0.2) is 10.7 Å².